The van der Waals surface area contributed by atoms with Crippen molar-refractivity contribution in [3.8, 4) is 0 Å². The third-order valence-corrected chi connectivity index (χ3v) is 7.56. The molecule has 1 aliphatic carbocycles. The van der Waals surface area contributed by atoms with Crippen molar-refractivity contribution in [1.29, 1.82) is 0 Å². The number of halogens is 1. The van der Waals surface area contributed by atoms with E-state index in [0.717, 1.165) is 11.1 Å². The van der Waals surface area contributed by atoms with Gasteiger partial charge in [-0.15, -0.1) is 0 Å². The van der Waals surface area contributed by atoms with Crippen LogP contribution in [0.15, 0.2) is 126 Å². The van der Waals surface area contributed by atoms with E-state index in [2.05, 4.69) is 0 Å². The zero-order valence-electron chi connectivity index (χ0n) is 20.9. The molecule has 0 bridgehead atoms. The largest absolute Gasteiger partial charge is 0.271 e. The Morgan fingerprint density at radius 1 is 0.821 bits per heavy atom. The summed E-state index contributed by atoms with van der Waals surface area (Å²) in [5.74, 6) is -1.36. The number of amides is 1. The molecule has 39 heavy (non-hydrogen) atoms. The highest BCUT2D eigenvalue weighted by Crippen LogP contribution is 2.54. The van der Waals surface area contributed by atoms with Gasteiger partial charge in [0, 0.05) is 11.3 Å². The number of anilines is 1. The van der Waals surface area contributed by atoms with Gasteiger partial charge < -0.3 is 0 Å². The van der Waals surface area contributed by atoms with Crippen LogP contribution in [-0.4, -0.2) is 22.6 Å². The Kier molecular flexibility index (Phi) is 6.11. The zero-order valence-corrected chi connectivity index (χ0v) is 20.9. The Bertz CT molecular complexity index is 1590. The van der Waals surface area contributed by atoms with Crippen LogP contribution in [0.4, 0.5) is 10.1 Å². The second kappa shape index (κ2) is 9.76. The van der Waals surface area contributed by atoms with Gasteiger partial charge in [0.25, 0.3) is 5.91 Å². The number of hydrogen-bond donors (Lipinski definition) is 0. The topological polar surface area (TPSA) is 75.8 Å². The highest BCUT2D eigenvalue weighted by molar-refractivity contribution is 6.31. The van der Waals surface area contributed by atoms with Crippen LogP contribution in [0.1, 0.15) is 29.0 Å². The number of para-hydroxylation sites is 1. The summed E-state index contributed by atoms with van der Waals surface area (Å²) in [7, 11) is 0. The van der Waals surface area contributed by atoms with Crippen LogP contribution in [0, 0.1) is 21.3 Å². The first kappa shape index (κ1) is 24.4. The van der Waals surface area contributed by atoms with Crippen molar-refractivity contribution in [2.75, 3.05) is 5.01 Å². The second-order valence-electron chi connectivity index (χ2n) is 9.75. The van der Waals surface area contributed by atoms with Crippen molar-refractivity contribution in [2.45, 2.75) is 18.4 Å². The Morgan fingerprint density at radius 2 is 1.41 bits per heavy atom. The molecule has 3 atom stereocenters. The normalized spacial score (nSPS) is 22.5. The first-order valence-corrected chi connectivity index (χ1v) is 12.7. The van der Waals surface area contributed by atoms with E-state index in [0.29, 0.717) is 22.5 Å². The molecule has 1 spiro atoms. The standard InChI is InChI=1S/C32H24FN3O3/c33-25-18-16-24(17-19-25)30-32(31(37)35(34-30)26-14-8-3-9-15-26)21-29(36(38)39)27(22-10-4-1-5-11-22)20-28(32)23-12-6-2-7-13-23/h1-20,27,29H,21H2/t27-,29+,32-/m1/s1. The van der Waals surface area contributed by atoms with Gasteiger partial charge in [-0.2, -0.15) is 10.1 Å². The molecule has 6 nitrogen and oxygen atoms in total. The number of hydrogen-bond acceptors (Lipinski definition) is 4. The van der Waals surface area contributed by atoms with E-state index in [4.69, 9.17) is 5.10 Å². The summed E-state index contributed by atoms with van der Waals surface area (Å²) >= 11 is 0. The van der Waals surface area contributed by atoms with Crippen molar-refractivity contribution in [2.24, 2.45) is 10.5 Å². The van der Waals surface area contributed by atoms with Crippen molar-refractivity contribution < 1.29 is 14.1 Å². The highest BCUT2D eigenvalue weighted by Gasteiger charge is 2.60. The van der Waals surface area contributed by atoms with E-state index in [-0.39, 0.29) is 17.3 Å². The Morgan fingerprint density at radius 3 is 2.03 bits per heavy atom. The summed E-state index contributed by atoms with van der Waals surface area (Å²) < 4.78 is 14.0. The van der Waals surface area contributed by atoms with Crippen LogP contribution in [-0.2, 0) is 4.79 Å². The molecule has 0 saturated carbocycles. The fraction of sp³-hybridized carbons (Fsp3) is 0.125. The Hall–Kier alpha value is -4.91. The van der Waals surface area contributed by atoms with Crippen LogP contribution in [0.2, 0.25) is 0 Å². The van der Waals surface area contributed by atoms with Crippen molar-refractivity contribution in [1.82, 2.24) is 0 Å². The van der Waals surface area contributed by atoms with Crippen molar-refractivity contribution >= 4 is 22.9 Å². The number of nitrogens with zero attached hydrogens (tertiary/aromatic N) is 3. The highest BCUT2D eigenvalue weighted by atomic mass is 19.1. The third kappa shape index (κ3) is 4.12. The lowest BCUT2D eigenvalue weighted by atomic mass is 9.61. The molecule has 0 radical (unpaired) electrons. The van der Waals surface area contributed by atoms with Gasteiger partial charge in [0.15, 0.2) is 0 Å². The number of rotatable bonds is 5. The van der Waals surface area contributed by atoms with Gasteiger partial charge in [-0.05, 0) is 46.5 Å². The number of hydrazone groups is 1. The Balaban J connectivity index is 1.64. The van der Waals surface area contributed by atoms with Crippen molar-refractivity contribution in [3.05, 3.63) is 154 Å². The monoisotopic (exact) mass is 517 g/mol. The fourth-order valence-corrected chi connectivity index (χ4v) is 5.74. The van der Waals surface area contributed by atoms with Gasteiger partial charge in [-0.25, -0.2) is 4.39 Å². The van der Waals surface area contributed by atoms with E-state index >= 15 is 0 Å². The maximum Gasteiger partial charge on any atom is 0.264 e. The molecule has 6 rings (SSSR count). The molecule has 0 N–H and O–H groups in total. The summed E-state index contributed by atoms with van der Waals surface area (Å²) in [4.78, 5) is 26.9. The minimum absolute atomic E-state index is 0.0985. The average Bonchev–Trinajstić information content (AvgIpc) is 3.26. The zero-order chi connectivity index (χ0) is 27.0. The number of carbonyl (C=O) groups excluding carboxylic acids is 1. The molecule has 0 fully saturated rings. The van der Waals surface area contributed by atoms with Crippen LogP contribution >= 0.6 is 0 Å². The molecular formula is C32H24FN3O3. The molecule has 4 aromatic rings. The van der Waals surface area contributed by atoms with Gasteiger partial charge >= 0.3 is 0 Å². The van der Waals surface area contributed by atoms with E-state index in [9.17, 15) is 19.3 Å². The van der Waals surface area contributed by atoms with Crippen LogP contribution in [0.5, 0.6) is 0 Å². The predicted molar refractivity (Wildman–Crippen MR) is 148 cm³/mol. The molecule has 192 valence electrons. The second-order valence-corrected chi connectivity index (χ2v) is 9.75. The summed E-state index contributed by atoms with van der Waals surface area (Å²) in [5, 5.41) is 18.8. The lowest BCUT2D eigenvalue weighted by Crippen LogP contribution is -2.49. The maximum atomic E-state index is 14.6. The number of nitro groups is 1. The van der Waals surface area contributed by atoms with Gasteiger partial charge in [-0.1, -0.05) is 97.1 Å². The lowest BCUT2D eigenvalue weighted by Gasteiger charge is -2.39. The Labute approximate surface area is 224 Å². The average molecular weight is 518 g/mol. The lowest BCUT2D eigenvalue weighted by molar-refractivity contribution is -0.527. The molecule has 0 saturated heterocycles. The number of carbonyl (C=O) groups is 1. The minimum Gasteiger partial charge on any atom is -0.271 e. The first-order valence-electron chi connectivity index (χ1n) is 12.7. The molecule has 1 heterocycles. The summed E-state index contributed by atoms with van der Waals surface area (Å²) in [5.41, 5.74) is 2.22. The van der Waals surface area contributed by atoms with E-state index in [1.807, 2.05) is 72.8 Å². The molecule has 1 aliphatic heterocycles. The number of benzene rings is 4. The minimum atomic E-state index is -1.46. The molecular weight excluding hydrogens is 493 g/mol. The van der Waals surface area contributed by atoms with Crippen LogP contribution in [0.3, 0.4) is 0 Å². The SMILES string of the molecule is O=C1N(c2ccccc2)N=C(c2ccc(F)cc2)[C@]12C[C@H]([N+](=O)[O-])[C@@H](c1ccccc1)C=C2c1ccccc1. The van der Waals surface area contributed by atoms with E-state index in [1.54, 1.807) is 36.4 Å². The van der Waals surface area contributed by atoms with Gasteiger partial charge in [-0.3, -0.25) is 14.9 Å². The summed E-state index contributed by atoms with van der Waals surface area (Å²) in [6.07, 6.45) is 1.77. The predicted octanol–water partition coefficient (Wildman–Crippen LogP) is 6.48. The maximum absolute atomic E-state index is 14.6. The van der Waals surface area contributed by atoms with Crippen molar-refractivity contribution in [3.63, 3.8) is 0 Å². The van der Waals surface area contributed by atoms with Gasteiger partial charge in [0.1, 0.15) is 11.2 Å². The molecule has 0 aromatic heterocycles. The first-order chi connectivity index (χ1) is 19.0. The molecule has 0 unspecified atom stereocenters. The van der Waals surface area contributed by atoms with Crippen LogP contribution in [0.25, 0.3) is 5.57 Å². The fourth-order valence-electron chi connectivity index (χ4n) is 5.74. The summed E-state index contributed by atoms with van der Waals surface area (Å²) in [6.45, 7) is 0. The quantitative estimate of drug-likeness (QED) is 0.225. The molecule has 7 heteroatoms. The molecule has 4 aromatic carbocycles. The molecule has 2 aliphatic rings. The smallest absolute Gasteiger partial charge is 0.264 e. The summed E-state index contributed by atoms with van der Waals surface area (Å²) in [6, 6.07) is 32.5. The third-order valence-electron chi connectivity index (χ3n) is 7.56. The van der Waals surface area contributed by atoms with E-state index in [1.165, 1.54) is 17.1 Å². The van der Waals surface area contributed by atoms with Gasteiger partial charge in [0.05, 0.1) is 17.3 Å². The van der Waals surface area contributed by atoms with Crippen LogP contribution < -0.4 is 5.01 Å². The van der Waals surface area contributed by atoms with Gasteiger partial charge in [0.2, 0.25) is 6.04 Å². The van der Waals surface area contributed by atoms with E-state index < -0.39 is 23.2 Å². The molecule has 1 amide bonds.